The molecule has 9 aromatic rings. The van der Waals surface area contributed by atoms with E-state index in [0.29, 0.717) is 5.92 Å². The van der Waals surface area contributed by atoms with Gasteiger partial charge in [0, 0.05) is 38.6 Å². The second-order valence-electron chi connectivity index (χ2n) is 22.6. The second-order valence-corrected chi connectivity index (χ2v) is 22.6. The maximum absolute atomic E-state index is 2.78. The van der Waals surface area contributed by atoms with Crippen LogP contribution in [-0.2, 0) is 10.8 Å². The van der Waals surface area contributed by atoms with Crippen molar-refractivity contribution in [3.63, 3.8) is 0 Å². The van der Waals surface area contributed by atoms with Gasteiger partial charge in [-0.1, -0.05) is 139 Å². The van der Waals surface area contributed by atoms with E-state index in [4.69, 9.17) is 0 Å². The lowest BCUT2D eigenvalue weighted by atomic mass is 9.33. The Bertz CT molecular complexity index is 3390. The van der Waals surface area contributed by atoms with Crippen LogP contribution in [0.2, 0.25) is 0 Å². The Labute approximate surface area is 372 Å². The Balaban J connectivity index is 1.21. The monoisotopic (exact) mass is 814 g/mol. The number of hydrogen-bond donors (Lipinski definition) is 0. The molecule has 0 spiro atoms. The molecule has 15 rings (SSSR count). The molecule has 0 atom stereocenters. The van der Waals surface area contributed by atoms with Crippen molar-refractivity contribution in [1.82, 2.24) is 9.13 Å². The first kappa shape index (κ1) is 36.7. The van der Waals surface area contributed by atoms with Crippen LogP contribution in [0.1, 0.15) is 96.3 Å². The molecule has 4 heterocycles. The van der Waals surface area contributed by atoms with E-state index >= 15 is 0 Å². The average Bonchev–Trinajstić information content (AvgIpc) is 3.79. The summed E-state index contributed by atoms with van der Waals surface area (Å²) < 4.78 is 5.54. The van der Waals surface area contributed by atoms with Gasteiger partial charge in [-0.2, -0.15) is 0 Å². The Morgan fingerprint density at radius 3 is 1.79 bits per heavy atom. The van der Waals surface area contributed by atoms with Crippen molar-refractivity contribution in [2.45, 2.75) is 90.4 Å². The lowest BCUT2D eigenvalue weighted by Crippen LogP contribution is -2.60. The molecular formula is C60H55BN2. The predicted molar refractivity (Wildman–Crippen MR) is 268 cm³/mol. The van der Waals surface area contributed by atoms with Gasteiger partial charge in [0.25, 0.3) is 6.71 Å². The average molecular weight is 815 g/mol. The summed E-state index contributed by atoms with van der Waals surface area (Å²) in [6, 6.07) is 52.6. The minimum Gasteiger partial charge on any atom is -0.310 e. The molecule has 4 aliphatic carbocycles. The molecule has 6 aliphatic rings. The van der Waals surface area contributed by atoms with E-state index in [1.165, 1.54) is 137 Å². The number of rotatable bonds is 3. The Morgan fingerprint density at radius 2 is 1.11 bits per heavy atom. The molecule has 0 radical (unpaired) electrons. The predicted octanol–water partition coefficient (Wildman–Crippen LogP) is 13.5. The van der Waals surface area contributed by atoms with Gasteiger partial charge in [-0.25, -0.2) is 0 Å². The molecule has 2 aromatic heterocycles. The van der Waals surface area contributed by atoms with Gasteiger partial charge in [-0.15, -0.1) is 0 Å². The molecule has 308 valence electrons. The van der Waals surface area contributed by atoms with Crippen molar-refractivity contribution in [3.8, 4) is 33.8 Å². The van der Waals surface area contributed by atoms with Gasteiger partial charge in [-0.05, 0) is 164 Å². The summed E-state index contributed by atoms with van der Waals surface area (Å²) in [5, 5.41) is 6.82. The van der Waals surface area contributed by atoms with Gasteiger partial charge in [0.15, 0.2) is 0 Å². The van der Waals surface area contributed by atoms with Crippen molar-refractivity contribution in [2.24, 2.45) is 23.7 Å². The first-order valence-corrected chi connectivity index (χ1v) is 24.0. The number of fused-ring (bicyclic) bond motifs is 9. The minimum absolute atomic E-state index is 0.0307. The molecule has 4 fully saturated rings. The number of nitrogens with zero attached hydrogens (tertiary/aromatic N) is 2. The largest absolute Gasteiger partial charge is 0.310 e. The van der Waals surface area contributed by atoms with Gasteiger partial charge >= 0.3 is 0 Å². The highest BCUT2D eigenvalue weighted by Gasteiger charge is 2.50. The molecule has 0 unspecified atom stereocenters. The zero-order chi connectivity index (χ0) is 42.3. The molecule has 2 nitrogen and oxygen atoms in total. The van der Waals surface area contributed by atoms with E-state index in [1.54, 1.807) is 5.56 Å². The number of aromatic nitrogens is 2. The summed E-state index contributed by atoms with van der Waals surface area (Å²) in [5.41, 5.74) is 20.9. The Hall–Kier alpha value is -5.80. The maximum atomic E-state index is 2.78. The summed E-state index contributed by atoms with van der Waals surface area (Å²) in [6.45, 7) is 14.4. The van der Waals surface area contributed by atoms with Crippen LogP contribution in [0.5, 0.6) is 0 Å². The molecule has 0 N–H and O–H groups in total. The Morgan fingerprint density at radius 1 is 0.492 bits per heavy atom. The van der Waals surface area contributed by atoms with Crippen molar-refractivity contribution in [2.75, 3.05) is 0 Å². The normalized spacial score (nSPS) is 21.9. The molecule has 4 bridgehead atoms. The standard InChI is InChI=1S/C60H55BN2/c1-59(2,3)42-21-22-49-45(31-42)46-32-43(60(4,5)6)33-48-57(46)62(49)50-29-41(52-39-24-34-23-35(26-39)27-40(52)25-34)30-51-55(50)61(48)54-44-20-14-13-19-38(44)28-47-53(36-15-9-7-10-16-36)56(63(51)58(47)54)37-17-11-8-12-18-37/h7-22,28-35,39-40,52H,23-27H2,1-6H3. The molecular weight excluding hydrogens is 759 g/mol. The second kappa shape index (κ2) is 12.5. The smallest absolute Gasteiger partial charge is 0.253 e. The number of hydrogen-bond acceptors (Lipinski definition) is 0. The van der Waals surface area contributed by atoms with E-state index in [-0.39, 0.29) is 17.5 Å². The van der Waals surface area contributed by atoms with Crippen LogP contribution in [0.15, 0.2) is 133 Å². The fourth-order valence-electron chi connectivity index (χ4n) is 14.4. The topological polar surface area (TPSA) is 9.86 Å². The molecule has 2 aliphatic heterocycles. The van der Waals surface area contributed by atoms with Crippen LogP contribution in [0.25, 0.3) is 77.2 Å². The third-order valence-electron chi connectivity index (χ3n) is 16.9. The van der Waals surface area contributed by atoms with Crippen molar-refractivity contribution >= 4 is 66.6 Å². The highest BCUT2D eigenvalue weighted by atomic mass is 15.0. The summed E-state index contributed by atoms with van der Waals surface area (Å²) >= 11 is 0. The van der Waals surface area contributed by atoms with Gasteiger partial charge in [0.05, 0.1) is 16.7 Å². The van der Waals surface area contributed by atoms with Crippen molar-refractivity contribution < 1.29 is 0 Å². The van der Waals surface area contributed by atoms with Crippen LogP contribution < -0.4 is 16.4 Å². The molecule has 63 heavy (non-hydrogen) atoms. The molecule has 4 saturated carbocycles. The number of benzene rings is 7. The summed E-state index contributed by atoms with van der Waals surface area (Å²) in [6.07, 6.45) is 7.12. The molecule has 0 saturated heterocycles. The summed E-state index contributed by atoms with van der Waals surface area (Å²) in [4.78, 5) is 0. The van der Waals surface area contributed by atoms with Crippen LogP contribution in [0.4, 0.5) is 0 Å². The van der Waals surface area contributed by atoms with E-state index in [9.17, 15) is 0 Å². The van der Waals surface area contributed by atoms with Crippen LogP contribution in [0.3, 0.4) is 0 Å². The molecule has 0 amide bonds. The van der Waals surface area contributed by atoms with E-state index in [1.807, 2.05) is 0 Å². The highest BCUT2D eigenvalue weighted by Crippen LogP contribution is 2.60. The summed E-state index contributed by atoms with van der Waals surface area (Å²) in [7, 11) is 0. The lowest BCUT2D eigenvalue weighted by Gasteiger charge is -2.55. The minimum atomic E-state index is -0.0307. The van der Waals surface area contributed by atoms with Gasteiger partial charge in [-0.3, -0.25) is 0 Å². The van der Waals surface area contributed by atoms with Gasteiger partial charge < -0.3 is 9.13 Å². The lowest BCUT2D eigenvalue weighted by molar-refractivity contribution is -0.00276. The fraction of sp³-hybridized carbons (Fsp3) is 0.300. The molecule has 7 aromatic carbocycles. The zero-order valence-corrected chi connectivity index (χ0v) is 37.6. The van der Waals surface area contributed by atoms with Gasteiger partial charge in [0.1, 0.15) is 0 Å². The van der Waals surface area contributed by atoms with Crippen LogP contribution in [0, 0.1) is 23.7 Å². The van der Waals surface area contributed by atoms with E-state index in [0.717, 1.165) is 23.7 Å². The SMILES string of the molecule is CC(C)(C)c1ccc2c(c1)c1cc(C(C)(C)C)cc3c1n2-c1cc(C2C4CC5CC(C4)CC2C5)cc2c1B3c1c3ccccc3cc3c(-c4ccccc4)c(-c4ccccc4)n-2c13. The summed E-state index contributed by atoms with van der Waals surface area (Å²) in [5.74, 6) is 4.02. The quantitative estimate of drug-likeness (QED) is 0.157. The van der Waals surface area contributed by atoms with Crippen LogP contribution in [-0.4, -0.2) is 15.8 Å². The Kier molecular flexibility index (Phi) is 7.26. The first-order chi connectivity index (χ1) is 30.5. The third-order valence-corrected chi connectivity index (χ3v) is 16.9. The third kappa shape index (κ3) is 4.97. The first-order valence-electron chi connectivity index (χ1n) is 24.0. The van der Waals surface area contributed by atoms with Crippen molar-refractivity contribution in [1.29, 1.82) is 0 Å². The highest BCUT2D eigenvalue weighted by molar-refractivity contribution is 7.01. The molecule has 3 heteroatoms. The van der Waals surface area contributed by atoms with Crippen molar-refractivity contribution in [3.05, 3.63) is 150 Å². The maximum Gasteiger partial charge on any atom is 0.253 e. The fourth-order valence-corrected chi connectivity index (χ4v) is 14.4. The van der Waals surface area contributed by atoms with Crippen LogP contribution >= 0.6 is 0 Å². The van der Waals surface area contributed by atoms with E-state index < -0.39 is 0 Å². The van der Waals surface area contributed by atoms with E-state index in [2.05, 4.69) is 184 Å². The zero-order valence-electron chi connectivity index (χ0n) is 37.6. The van der Waals surface area contributed by atoms with Gasteiger partial charge in [0.2, 0.25) is 0 Å².